The number of hydrogen-bond acceptors (Lipinski definition) is 2. The molecule has 1 heterocycles. The molecule has 0 spiro atoms. The van der Waals surface area contributed by atoms with E-state index in [1.165, 1.54) is 12.1 Å². The second-order valence-electron chi connectivity index (χ2n) is 3.75. The Morgan fingerprint density at radius 2 is 2.24 bits per heavy atom. The molecule has 1 aromatic heterocycles. The fourth-order valence-corrected chi connectivity index (χ4v) is 1.87. The average molecular weight is 254 g/mol. The Balaban J connectivity index is 2.22. The standard InChI is InChI=1S/C12H13ClFN3/c1-15-7-11-4-5-16-17(11)8-9-2-3-10(14)6-12(9)13/h2-6,15H,7-8H2,1H3. The van der Waals surface area contributed by atoms with E-state index in [0.717, 1.165) is 17.8 Å². The van der Waals surface area contributed by atoms with Crippen molar-refractivity contribution in [3.63, 3.8) is 0 Å². The van der Waals surface area contributed by atoms with Crippen molar-refractivity contribution in [2.45, 2.75) is 13.1 Å². The van der Waals surface area contributed by atoms with Crippen LogP contribution in [0.25, 0.3) is 0 Å². The largest absolute Gasteiger partial charge is 0.314 e. The van der Waals surface area contributed by atoms with Crippen LogP contribution in [0.3, 0.4) is 0 Å². The molecule has 0 bridgehead atoms. The van der Waals surface area contributed by atoms with E-state index in [-0.39, 0.29) is 5.82 Å². The van der Waals surface area contributed by atoms with Gasteiger partial charge in [-0.3, -0.25) is 4.68 Å². The summed E-state index contributed by atoms with van der Waals surface area (Å²) in [6, 6.07) is 6.34. The molecule has 0 aliphatic carbocycles. The van der Waals surface area contributed by atoms with Gasteiger partial charge in [-0.25, -0.2) is 4.39 Å². The molecule has 5 heteroatoms. The van der Waals surface area contributed by atoms with Gasteiger partial charge in [0, 0.05) is 17.8 Å². The Kier molecular flexibility index (Phi) is 3.76. The molecule has 0 aliphatic heterocycles. The highest BCUT2D eigenvalue weighted by molar-refractivity contribution is 6.31. The number of benzene rings is 1. The predicted octanol–water partition coefficient (Wildman–Crippen LogP) is 2.44. The Bertz CT molecular complexity index is 510. The molecular formula is C12H13ClFN3. The monoisotopic (exact) mass is 253 g/mol. The minimum atomic E-state index is -0.324. The van der Waals surface area contributed by atoms with Crippen LogP contribution in [0.5, 0.6) is 0 Å². The van der Waals surface area contributed by atoms with E-state index in [1.54, 1.807) is 12.3 Å². The molecule has 90 valence electrons. The maximum absolute atomic E-state index is 12.9. The molecule has 0 saturated heterocycles. The van der Waals surface area contributed by atoms with Gasteiger partial charge in [-0.05, 0) is 30.8 Å². The van der Waals surface area contributed by atoms with Crippen molar-refractivity contribution in [2.24, 2.45) is 0 Å². The van der Waals surface area contributed by atoms with Gasteiger partial charge in [0.1, 0.15) is 5.82 Å². The van der Waals surface area contributed by atoms with Crippen LogP contribution in [-0.2, 0) is 13.1 Å². The van der Waals surface area contributed by atoms with Gasteiger partial charge in [-0.2, -0.15) is 5.10 Å². The number of rotatable bonds is 4. The zero-order chi connectivity index (χ0) is 12.3. The summed E-state index contributed by atoms with van der Waals surface area (Å²) in [6.45, 7) is 1.28. The summed E-state index contributed by atoms with van der Waals surface area (Å²) < 4.78 is 14.8. The van der Waals surface area contributed by atoms with Crippen molar-refractivity contribution in [2.75, 3.05) is 7.05 Å². The first-order valence-corrected chi connectivity index (χ1v) is 5.67. The van der Waals surface area contributed by atoms with E-state index in [9.17, 15) is 4.39 Å². The van der Waals surface area contributed by atoms with Crippen molar-refractivity contribution in [1.29, 1.82) is 0 Å². The van der Waals surface area contributed by atoms with E-state index in [0.29, 0.717) is 11.6 Å². The zero-order valence-electron chi connectivity index (χ0n) is 9.45. The lowest BCUT2D eigenvalue weighted by Gasteiger charge is -2.08. The van der Waals surface area contributed by atoms with E-state index in [1.807, 2.05) is 17.8 Å². The number of halogens is 2. The Morgan fingerprint density at radius 1 is 1.41 bits per heavy atom. The summed E-state index contributed by atoms with van der Waals surface area (Å²) >= 11 is 5.98. The Morgan fingerprint density at radius 3 is 2.94 bits per heavy atom. The third-order valence-electron chi connectivity index (χ3n) is 2.50. The fraction of sp³-hybridized carbons (Fsp3) is 0.250. The van der Waals surface area contributed by atoms with Crippen LogP contribution in [0.2, 0.25) is 5.02 Å². The molecule has 0 radical (unpaired) electrons. The first-order chi connectivity index (χ1) is 8.20. The summed E-state index contributed by atoms with van der Waals surface area (Å²) in [5, 5.41) is 7.71. The molecule has 2 aromatic rings. The molecule has 0 aliphatic rings. The van der Waals surface area contributed by atoms with E-state index < -0.39 is 0 Å². The maximum atomic E-state index is 12.9. The summed E-state index contributed by atoms with van der Waals surface area (Å²) in [4.78, 5) is 0. The molecule has 3 nitrogen and oxygen atoms in total. The van der Waals surface area contributed by atoms with E-state index >= 15 is 0 Å². The van der Waals surface area contributed by atoms with Crippen molar-refractivity contribution in [3.8, 4) is 0 Å². The van der Waals surface area contributed by atoms with Crippen molar-refractivity contribution in [3.05, 3.63) is 52.6 Å². The summed E-state index contributed by atoms with van der Waals surface area (Å²) in [5.74, 6) is -0.324. The van der Waals surface area contributed by atoms with Crippen LogP contribution in [0.1, 0.15) is 11.3 Å². The topological polar surface area (TPSA) is 29.9 Å². The number of nitrogens with one attached hydrogen (secondary N) is 1. The molecule has 0 saturated carbocycles. The molecule has 1 aromatic carbocycles. The normalized spacial score (nSPS) is 10.8. The first kappa shape index (κ1) is 12.1. The zero-order valence-corrected chi connectivity index (χ0v) is 10.2. The van der Waals surface area contributed by atoms with Crippen LogP contribution in [0.15, 0.2) is 30.5 Å². The van der Waals surface area contributed by atoms with Crippen molar-refractivity contribution >= 4 is 11.6 Å². The molecule has 0 atom stereocenters. The van der Waals surface area contributed by atoms with Gasteiger partial charge >= 0.3 is 0 Å². The van der Waals surface area contributed by atoms with Crippen LogP contribution in [0, 0.1) is 5.82 Å². The smallest absolute Gasteiger partial charge is 0.124 e. The Labute approximate surface area is 104 Å². The average Bonchev–Trinajstić information content (AvgIpc) is 2.71. The van der Waals surface area contributed by atoms with E-state index in [4.69, 9.17) is 11.6 Å². The second kappa shape index (κ2) is 5.29. The van der Waals surface area contributed by atoms with Crippen LogP contribution in [0.4, 0.5) is 4.39 Å². The van der Waals surface area contributed by atoms with Crippen molar-refractivity contribution < 1.29 is 4.39 Å². The molecule has 0 fully saturated rings. The first-order valence-electron chi connectivity index (χ1n) is 5.30. The third-order valence-corrected chi connectivity index (χ3v) is 2.85. The van der Waals surface area contributed by atoms with E-state index in [2.05, 4.69) is 10.4 Å². The van der Waals surface area contributed by atoms with Gasteiger partial charge in [-0.15, -0.1) is 0 Å². The third kappa shape index (κ3) is 2.84. The highest BCUT2D eigenvalue weighted by Crippen LogP contribution is 2.18. The van der Waals surface area contributed by atoms with Crippen LogP contribution in [-0.4, -0.2) is 16.8 Å². The number of hydrogen-bond donors (Lipinski definition) is 1. The Hall–Kier alpha value is -1.39. The summed E-state index contributed by atoms with van der Waals surface area (Å²) in [5.41, 5.74) is 1.92. The SMILES string of the molecule is CNCc1ccnn1Cc1ccc(F)cc1Cl. The minimum absolute atomic E-state index is 0.324. The quantitative estimate of drug-likeness (QED) is 0.907. The maximum Gasteiger partial charge on any atom is 0.124 e. The van der Waals surface area contributed by atoms with Gasteiger partial charge in [0.15, 0.2) is 0 Å². The molecular weight excluding hydrogens is 241 g/mol. The predicted molar refractivity (Wildman–Crippen MR) is 65.5 cm³/mol. The molecule has 2 rings (SSSR count). The van der Waals surface area contributed by atoms with Crippen molar-refractivity contribution in [1.82, 2.24) is 15.1 Å². The number of nitrogens with zero attached hydrogens (tertiary/aromatic N) is 2. The number of aromatic nitrogens is 2. The van der Waals surface area contributed by atoms with Crippen LogP contribution >= 0.6 is 11.6 Å². The van der Waals surface area contributed by atoms with Gasteiger partial charge < -0.3 is 5.32 Å². The molecule has 0 unspecified atom stereocenters. The van der Waals surface area contributed by atoms with Gasteiger partial charge in [0.05, 0.1) is 12.2 Å². The molecule has 17 heavy (non-hydrogen) atoms. The lowest BCUT2D eigenvalue weighted by molar-refractivity contribution is 0.613. The molecule has 0 amide bonds. The minimum Gasteiger partial charge on any atom is -0.314 e. The summed E-state index contributed by atoms with van der Waals surface area (Å²) in [6.07, 6.45) is 1.74. The lowest BCUT2D eigenvalue weighted by atomic mass is 10.2. The summed E-state index contributed by atoms with van der Waals surface area (Å²) in [7, 11) is 1.88. The highest BCUT2D eigenvalue weighted by atomic mass is 35.5. The fourth-order valence-electron chi connectivity index (χ4n) is 1.64. The van der Waals surface area contributed by atoms with Crippen LogP contribution < -0.4 is 5.32 Å². The molecule has 1 N–H and O–H groups in total. The second-order valence-corrected chi connectivity index (χ2v) is 4.15. The van der Waals surface area contributed by atoms with Gasteiger partial charge in [-0.1, -0.05) is 17.7 Å². The highest BCUT2D eigenvalue weighted by Gasteiger charge is 2.06. The lowest BCUT2D eigenvalue weighted by Crippen LogP contribution is -2.13. The van der Waals surface area contributed by atoms with Gasteiger partial charge in [0.25, 0.3) is 0 Å². The van der Waals surface area contributed by atoms with Gasteiger partial charge in [0.2, 0.25) is 0 Å².